The van der Waals surface area contributed by atoms with Gasteiger partial charge in [-0.1, -0.05) is 0 Å². The lowest BCUT2D eigenvalue weighted by Crippen LogP contribution is -2.38. The van der Waals surface area contributed by atoms with Crippen LogP contribution < -0.4 is 15.8 Å². The minimum absolute atomic E-state index is 0.0723. The van der Waals surface area contributed by atoms with Gasteiger partial charge in [-0.15, -0.1) is 0 Å². The summed E-state index contributed by atoms with van der Waals surface area (Å²) in [7, 11) is 0. The number of anilines is 1. The van der Waals surface area contributed by atoms with Gasteiger partial charge in [-0.25, -0.2) is 0 Å². The van der Waals surface area contributed by atoms with Gasteiger partial charge in [0, 0.05) is 6.07 Å². The molecule has 0 aromatic heterocycles. The first-order valence-electron chi connectivity index (χ1n) is 4.19. The largest absolute Gasteiger partial charge is 0.508 e. The Morgan fingerprint density at radius 3 is 3.14 bits per heavy atom. The summed E-state index contributed by atoms with van der Waals surface area (Å²) in [5.41, 5.74) is 5.94. The lowest BCUT2D eigenvalue weighted by molar-refractivity contribution is -0.117. The zero-order valence-electron chi connectivity index (χ0n) is 7.36. The molecule has 1 heterocycles. The molecular weight excluding hydrogens is 184 g/mol. The Hall–Kier alpha value is -1.75. The van der Waals surface area contributed by atoms with Crippen LogP contribution in [0.1, 0.15) is 0 Å². The lowest BCUT2D eigenvalue weighted by atomic mass is 10.2. The molecule has 1 atom stereocenters. The highest BCUT2D eigenvalue weighted by Gasteiger charge is 2.21. The number of ether oxygens (including phenoxy) is 1. The van der Waals surface area contributed by atoms with Crippen molar-refractivity contribution in [2.75, 3.05) is 11.9 Å². The van der Waals surface area contributed by atoms with E-state index in [0.29, 0.717) is 11.4 Å². The summed E-state index contributed by atoms with van der Waals surface area (Å²) >= 11 is 0. The number of amides is 1. The van der Waals surface area contributed by atoms with Crippen LogP contribution in [-0.4, -0.2) is 23.7 Å². The van der Waals surface area contributed by atoms with Crippen LogP contribution in [0.25, 0.3) is 0 Å². The molecule has 1 aliphatic rings. The molecule has 0 saturated heterocycles. The first-order valence-corrected chi connectivity index (χ1v) is 4.19. The van der Waals surface area contributed by atoms with E-state index >= 15 is 0 Å². The summed E-state index contributed by atoms with van der Waals surface area (Å²) in [4.78, 5) is 11.3. The highest BCUT2D eigenvalue weighted by Crippen LogP contribution is 2.30. The molecule has 74 valence electrons. The topological polar surface area (TPSA) is 84.6 Å². The molecule has 1 unspecified atom stereocenters. The van der Waals surface area contributed by atoms with Gasteiger partial charge >= 0.3 is 0 Å². The fourth-order valence-electron chi connectivity index (χ4n) is 1.22. The molecule has 0 aliphatic carbocycles. The van der Waals surface area contributed by atoms with E-state index in [9.17, 15) is 9.90 Å². The van der Waals surface area contributed by atoms with E-state index in [1.54, 1.807) is 6.07 Å². The number of nitrogens with one attached hydrogen (secondary N) is 1. The Kier molecular flexibility index (Phi) is 2.01. The number of nitrogens with two attached hydrogens (primary N) is 1. The van der Waals surface area contributed by atoms with Crippen LogP contribution in [-0.2, 0) is 4.79 Å². The molecule has 4 N–H and O–H groups in total. The molecule has 0 fully saturated rings. The van der Waals surface area contributed by atoms with Gasteiger partial charge < -0.3 is 20.9 Å². The number of hydrogen-bond acceptors (Lipinski definition) is 4. The Balaban J connectivity index is 2.38. The van der Waals surface area contributed by atoms with Gasteiger partial charge in [-0.2, -0.15) is 0 Å². The molecule has 0 saturated carbocycles. The predicted octanol–water partition coefficient (Wildman–Crippen LogP) is 0.0504. The molecular formula is C9H10N2O3. The second kappa shape index (κ2) is 3.19. The van der Waals surface area contributed by atoms with Crippen LogP contribution in [0.4, 0.5) is 5.69 Å². The molecule has 14 heavy (non-hydrogen) atoms. The fraction of sp³-hybridized carbons (Fsp3) is 0.222. The number of benzene rings is 1. The van der Waals surface area contributed by atoms with Gasteiger partial charge in [0.1, 0.15) is 24.1 Å². The Bertz CT molecular complexity index is 378. The van der Waals surface area contributed by atoms with Gasteiger partial charge in [0.25, 0.3) is 0 Å². The van der Waals surface area contributed by atoms with E-state index in [2.05, 4.69) is 5.32 Å². The number of hydrogen-bond donors (Lipinski definition) is 3. The first kappa shape index (κ1) is 8.83. The number of aromatic hydroxyl groups is 1. The van der Waals surface area contributed by atoms with E-state index in [0.717, 1.165) is 0 Å². The van der Waals surface area contributed by atoms with Crippen molar-refractivity contribution < 1.29 is 14.6 Å². The second-order valence-corrected chi connectivity index (χ2v) is 3.09. The molecule has 1 aromatic carbocycles. The summed E-state index contributed by atoms with van der Waals surface area (Å²) in [6, 6.07) is 3.82. The van der Waals surface area contributed by atoms with Crippen molar-refractivity contribution in [1.82, 2.24) is 0 Å². The average molecular weight is 194 g/mol. The quantitative estimate of drug-likeness (QED) is 0.544. The third kappa shape index (κ3) is 1.49. The summed E-state index contributed by atoms with van der Waals surface area (Å²) in [5.74, 6) is 0.279. The summed E-state index contributed by atoms with van der Waals surface area (Å²) in [6.45, 7) is 0.142. The highest BCUT2D eigenvalue weighted by atomic mass is 16.5. The fourth-order valence-corrected chi connectivity index (χ4v) is 1.22. The number of phenols is 1. The van der Waals surface area contributed by atoms with Crippen LogP contribution in [0, 0.1) is 0 Å². The van der Waals surface area contributed by atoms with Crippen molar-refractivity contribution >= 4 is 11.6 Å². The number of carbonyl (C=O) groups excluding carboxylic acids is 1. The minimum Gasteiger partial charge on any atom is -0.508 e. The number of fused-ring (bicyclic) bond motifs is 1. The van der Waals surface area contributed by atoms with Crippen LogP contribution in [0.2, 0.25) is 0 Å². The molecule has 5 nitrogen and oxygen atoms in total. The zero-order valence-corrected chi connectivity index (χ0v) is 7.36. The normalized spacial score (nSPS) is 20.4. The Morgan fingerprint density at radius 1 is 1.57 bits per heavy atom. The highest BCUT2D eigenvalue weighted by molar-refractivity contribution is 5.96. The second-order valence-electron chi connectivity index (χ2n) is 3.09. The van der Waals surface area contributed by atoms with E-state index in [1.807, 2.05) is 0 Å². The van der Waals surface area contributed by atoms with Crippen LogP contribution in [0.15, 0.2) is 18.2 Å². The minimum atomic E-state index is -0.676. The molecule has 1 aromatic rings. The van der Waals surface area contributed by atoms with Crippen molar-refractivity contribution in [3.05, 3.63) is 18.2 Å². The van der Waals surface area contributed by atoms with Crippen LogP contribution in [0.5, 0.6) is 11.5 Å². The van der Waals surface area contributed by atoms with Crippen molar-refractivity contribution in [2.24, 2.45) is 5.73 Å². The maximum Gasteiger partial charge on any atom is 0.244 e. The SMILES string of the molecule is NC1COc2ccc(O)cc2NC1=O. The molecule has 0 radical (unpaired) electrons. The Labute approximate surface area is 80.5 Å². The monoisotopic (exact) mass is 194 g/mol. The third-order valence-corrected chi connectivity index (χ3v) is 1.98. The molecule has 1 amide bonds. The number of rotatable bonds is 0. The molecule has 0 spiro atoms. The standard InChI is InChI=1S/C9H10N2O3/c10-6-4-14-8-2-1-5(12)3-7(8)11-9(6)13/h1-3,6,12H,4,10H2,(H,11,13). The zero-order chi connectivity index (χ0) is 10.1. The van der Waals surface area contributed by atoms with Gasteiger partial charge in [-0.3, -0.25) is 4.79 Å². The van der Waals surface area contributed by atoms with Crippen molar-refractivity contribution in [1.29, 1.82) is 0 Å². The lowest BCUT2D eigenvalue weighted by Gasteiger charge is -2.06. The summed E-state index contributed by atoms with van der Waals surface area (Å²) in [6.07, 6.45) is 0. The van der Waals surface area contributed by atoms with E-state index in [-0.39, 0.29) is 18.3 Å². The molecule has 2 rings (SSSR count). The van der Waals surface area contributed by atoms with Gasteiger partial charge in [-0.05, 0) is 12.1 Å². The Morgan fingerprint density at radius 2 is 2.36 bits per heavy atom. The van der Waals surface area contributed by atoms with Gasteiger partial charge in [0.05, 0.1) is 5.69 Å². The van der Waals surface area contributed by atoms with E-state index < -0.39 is 6.04 Å². The summed E-state index contributed by atoms with van der Waals surface area (Å²) in [5, 5.41) is 11.8. The van der Waals surface area contributed by atoms with Crippen LogP contribution >= 0.6 is 0 Å². The van der Waals surface area contributed by atoms with Gasteiger partial charge in [0.15, 0.2) is 0 Å². The first-order chi connectivity index (χ1) is 6.66. The van der Waals surface area contributed by atoms with Crippen molar-refractivity contribution in [3.63, 3.8) is 0 Å². The molecule has 1 aliphatic heterocycles. The molecule has 0 bridgehead atoms. The average Bonchev–Trinajstić information content (AvgIpc) is 2.27. The maximum absolute atomic E-state index is 11.3. The predicted molar refractivity (Wildman–Crippen MR) is 50.2 cm³/mol. The van der Waals surface area contributed by atoms with Crippen molar-refractivity contribution in [2.45, 2.75) is 6.04 Å². The summed E-state index contributed by atoms with van der Waals surface area (Å²) < 4.78 is 5.27. The maximum atomic E-state index is 11.3. The number of phenolic OH excluding ortho intramolecular Hbond substituents is 1. The van der Waals surface area contributed by atoms with Crippen LogP contribution in [0.3, 0.4) is 0 Å². The smallest absolute Gasteiger partial charge is 0.244 e. The number of carbonyl (C=O) groups is 1. The van der Waals surface area contributed by atoms with E-state index in [1.165, 1.54) is 12.1 Å². The third-order valence-electron chi connectivity index (χ3n) is 1.98. The van der Waals surface area contributed by atoms with Crippen molar-refractivity contribution in [3.8, 4) is 11.5 Å². The van der Waals surface area contributed by atoms with E-state index in [4.69, 9.17) is 10.5 Å². The van der Waals surface area contributed by atoms with Gasteiger partial charge in [0.2, 0.25) is 5.91 Å². The molecule has 5 heteroatoms.